The molecule has 15 nitrogen and oxygen atoms in total. The van der Waals surface area contributed by atoms with E-state index in [9.17, 15) is 39.9 Å². The van der Waals surface area contributed by atoms with Gasteiger partial charge >= 0.3 is 11.8 Å². The second-order valence-electron chi connectivity index (χ2n) is 17.7. The van der Waals surface area contributed by atoms with Crippen molar-refractivity contribution in [2.75, 3.05) is 25.0 Å². The second-order valence-corrected chi connectivity index (χ2v) is 17.7. The fraction of sp³-hybridized carbons (Fsp3) is 0.578. The number of esters is 1. The van der Waals surface area contributed by atoms with Crippen LogP contribution in [-0.2, 0) is 19.1 Å². The van der Waals surface area contributed by atoms with E-state index in [0.29, 0.717) is 31.8 Å². The first-order chi connectivity index (χ1) is 28.1. The summed E-state index contributed by atoms with van der Waals surface area (Å²) in [6.07, 6.45) is 3.75. The van der Waals surface area contributed by atoms with Crippen LogP contribution < -0.4 is 20.8 Å². The highest BCUT2D eigenvalue weighted by Crippen LogP contribution is 2.50. The van der Waals surface area contributed by atoms with Gasteiger partial charge in [0.15, 0.2) is 11.4 Å². The summed E-state index contributed by atoms with van der Waals surface area (Å²) in [6, 6.07) is 0. The number of benzene rings is 2. The average molecular weight is 833 g/mol. The zero-order valence-electron chi connectivity index (χ0n) is 36.1. The number of likely N-dealkylation sites (tertiary alicyclic amines) is 1. The molecule has 1 saturated heterocycles. The predicted octanol–water partition coefficient (Wildman–Crippen LogP) is 4.10. The second kappa shape index (κ2) is 16.9. The number of hydrogen-bond donors (Lipinski definition) is 6. The molecule has 0 radical (unpaired) electrons. The minimum Gasteiger partial charge on any atom is -0.507 e. The van der Waals surface area contributed by atoms with Crippen LogP contribution in [0, 0.1) is 36.5 Å². The highest BCUT2D eigenvalue weighted by Gasteiger charge is 2.50. The van der Waals surface area contributed by atoms with Gasteiger partial charge < -0.3 is 50.0 Å². The lowest BCUT2D eigenvalue weighted by atomic mass is 9.78. The van der Waals surface area contributed by atoms with E-state index >= 15 is 0 Å². The molecule has 0 aliphatic carbocycles. The van der Waals surface area contributed by atoms with Crippen LogP contribution in [0.3, 0.4) is 0 Å². The van der Waals surface area contributed by atoms with Crippen molar-refractivity contribution in [3.05, 3.63) is 58.0 Å². The lowest BCUT2D eigenvalue weighted by Gasteiger charge is -2.37. The summed E-state index contributed by atoms with van der Waals surface area (Å²) >= 11 is 0. The Morgan fingerprint density at radius 1 is 0.950 bits per heavy atom. The lowest BCUT2D eigenvalue weighted by molar-refractivity contribution is -0.159. The van der Waals surface area contributed by atoms with Crippen LogP contribution in [0.1, 0.15) is 91.1 Å². The first-order valence-electron chi connectivity index (χ1n) is 20.8. The number of piperidine rings is 1. The van der Waals surface area contributed by atoms with Gasteiger partial charge in [-0.25, -0.2) is 0 Å². The molecule has 0 unspecified atom stereocenters. The van der Waals surface area contributed by atoms with Crippen molar-refractivity contribution in [1.29, 1.82) is 0 Å². The van der Waals surface area contributed by atoms with Crippen molar-refractivity contribution < 1.29 is 54.1 Å². The van der Waals surface area contributed by atoms with Gasteiger partial charge in [0.25, 0.3) is 11.7 Å². The van der Waals surface area contributed by atoms with Crippen LogP contribution in [0.2, 0.25) is 0 Å². The van der Waals surface area contributed by atoms with Gasteiger partial charge in [-0.1, -0.05) is 59.8 Å². The van der Waals surface area contributed by atoms with E-state index in [1.807, 2.05) is 0 Å². The number of anilines is 1. The average Bonchev–Trinajstić information content (AvgIpc) is 3.69. The molecule has 5 aliphatic rings. The van der Waals surface area contributed by atoms with E-state index in [1.165, 1.54) is 26.8 Å². The van der Waals surface area contributed by atoms with Gasteiger partial charge in [0.1, 0.15) is 28.6 Å². The molecule has 15 heteroatoms. The number of aliphatic hydroxyl groups is 3. The van der Waals surface area contributed by atoms with E-state index in [1.54, 1.807) is 52.8 Å². The van der Waals surface area contributed by atoms with E-state index < -0.39 is 88.7 Å². The number of ether oxygens (including phenoxy) is 3. The SMILES string of the molecule is CC(=O)O[C@@H]1[C@H](C)[C@@H](O)[C@@H](C)[C@@H](O)[C@H](C)/C=C\C=C(\C)C(=O)Nc2c(O)c3c(O)c(C)c4c(c3c3c2=NC2(CCN(CC(C)C)CC2)N=3)C(=O)[C@@](C)(O/C=C\[C@@H](O)[C@H]1C)O4. The van der Waals surface area contributed by atoms with Crippen LogP contribution in [0.15, 0.2) is 46.1 Å². The summed E-state index contributed by atoms with van der Waals surface area (Å²) in [6.45, 7) is 19.0. The quantitative estimate of drug-likeness (QED) is 0.190. The van der Waals surface area contributed by atoms with Crippen LogP contribution >= 0.6 is 0 Å². The van der Waals surface area contributed by atoms with Crippen LogP contribution in [-0.4, -0.2) is 104 Å². The van der Waals surface area contributed by atoms with Gasteiger partial charge in [-0.2, -0.15) is 0 Å². The van der Waals surface area contributed by atoms with Crippen molar-refractivity contribution >= 4 is 34.1 Å². The summed E-state index contributed by atoms with van der Waals surface area (Å²) < 4.78 is 17.8. The fourth-order valence-electron chi connectivity index (χ4n) is 8.92. The van der Waals surface area contributed by atoms with E-state index in [0.717, 1.165) is 12.8 Å². The number of nitrogens with zero attached hydrogens (tertiary/aromatic N) is 3. The Labute approximate surface area is 350 Å². The molecule has 2 aromatic carbocycles. The number of amides is 1. The molecule has 6 N–H and O–H groups in total. The van der Waals surface area contributed by atoms with Crippen molar-refractivity contribution in [3.63, 3.8) is 0 Å². The van der Waals surface area contributed by atoms with Gasteiger partial charge in [-0.05, 0) is 25.8 Å². The zero-order chi connectivity index (χ0) is 44.2. The van der Waals surface area contributed by atoms with Crippen molar-refractivity contribution in [2.24, 2.45) is 39.6 Å². The highest BCUT2D eigenvalue weighted by molar-refractivity contribution is 6.19. The maximum absolute atomic E-state index is 14.6. The van der Waals surface area contributed by atoms with Gasteiger partial charge in [0.05, 0.1) is 40.9 Å². The molecule has 1 spiro atoms. The van der Waals surface area contributed by atoms with Gasteiger partial charge in [-0.15, -0.1) is 0 Å². The maximum Gasteiger partial charge on any atom is 0.312 e. The zero-order valence-corrected chi connectivity index (χ0v) is 36.1. The minimum atomic E-state index is -2.01. The van der Waals surface area contributed by atoms with Crippen molar-refractivity contribution in [1.82, 2.24) is 4.90 Å². The smallest absolute Gasteiger partial charge is 0.312 e. The Kier molecular flexibility index (Phi) is 12.6. The number of phenols is 2. The monoisotopic (exact) mass is 832 g/mol. The normalized spacial score (nSPS) is 33.0. The minimum absolute atomic E-state index is 0.00150. The van der Waals surface area contributed by atoms with Crippen LogP contribution in [0.5, 0.6) is 17.2 Å². The number of aliphatic hydroxyl groups excluding tert-OH is 3. The molecule has 0 saturated carbocycles. The molecular formula is C45H60N4O11. The number of carbonyl (C=O) groups excluding carboxylic acids is 3. The largest absolute Gasteiger partial charge is 0.507 e. The van der Waals surface area contributed by atoms with Gasteiger partial charge in [0.2, 0.25) is 0 Å². The molecule has 0 aromatic heterocycles. The Bertz CT molecular complexity index is 2280. The molecule has 60 heavy (non-hydrogen) atoms. The molecule has 5 aliphatic heterocycles. The summed E-state index contributed by atoms with van der Waals surface area (Å²) in [5.41, 5.74) is -0.676. The van der Waals surface area contributed by atoms with Crippen LogP contribution in [0.4, 0.5) is 5.69 Å². The number of ketones is 1. The topological polar surface area (TPSA) is 220 Å². The number of fused-ring (bicyclic) bond motifs is 13. The molecule has 9 atom stereocenters. The first-order valence-corrected chi connectivity index (χ1v) is 20.8. The third-order valence-electron chi connectivity index (χ3n) is 12.6. The van der Waals surface area contributed by atoms with E-state index in [-0.39, 0.29) is 49.6 Å². The number of allylic oxidation sites excluding steroid dienone is 2. The van der Waals surface area contributed by atoms with Gasteiger partial charge in [0, 0.05) is 86.5 Å². The van der Waals surface area contributed by atoms with Gasteiger partial charge in [-0.3, -0.25) is 24.4 Å². The van der Waals surface area contributed by atoms with Crippen molar-refractivity contribution in [2.45, 2.75) is 118 Å². The first kappa shape index (κ1) is 44.7. The predicted molar refractivity (Wildman–Crippen MR) is 223 cm³/mol. The molecule has 7 rings (SSSR count). The Hall–Kier alpha value is -4.83. The third-order valence-corrected chi connectivity index (χ3v) is 12.6. The number of rotatable bonds is 3. The Balaban J connectivity index is 1.53. The number of nitrogens with one attached hydrogen (secondary N) is 1. The van der Waals surface area contributed by atoms with Crippen LogP contribution in [0.25, 0.3) is 10.8 Å². The summed E-state index contributed by atoms with van der Waals surface area (Å²) in [4.78, 5) is 53.3. The third kappa shape index (κ3) is 8.16. The van der Waals surface area contributed by atoms with E-state index in [2.05, 4.69) is 24.1 Å². The number of Topliss-reactive ketones (excluding diaryl/α,β-unsaturated/α-hetero) is 1. The molecule has 1 amide bonds. The summed E-state index contributed by atoms with van der Waals surface area (Å²) in [7, 11) is 0. The highest BCUT2D eigenvalue weighted by atomic mass is 16.7. The Morgan fingerprint density at radius 3 is 2.23 bits per heavy atom. The standard InChI is InChI=1S/C45H60N4O11/c1-21(2)20-49-17-15-45(16-18-49)47-33-30-31-38(54)27(8)41-32(30)42(56)44(10,60-41)58-19-14-29(51)24(5)40(59-28(9)50)26(7)37(53)25(6)36(52)22(3)12-11-13-23(4)43(57)46-35(39(31)55)34(33)48-45/h11-14,19,21-22,24-26,29,36-37,40,51-55H,15-18,20H2,1-10H3,(H,46,57)/b12-11-,19-14-,23-13-/t22-,24-,25+,26-,29-,36+,37+,40+,44+/m1/s1. The Morgan fingerprint density at radius 2 is 1.60 bits per heavy atom. The molecule has 5 heterocycles. The molecule has 326 valence electrons. The summed E-state index contributed by atoms with van der Waals surface area (Å²) in [5.74, 6) is -7.08. The molecule has 2 aromatic rings. The van der Waals surface area contributed by atoms with Crippen molar-refractivity contribution in [3.8, 4) is 17.2 Å². The maximum atomic E-state index is 14.6. The lowest BCUT2D eigenvalue weighted by Crippen LogP contribution is -2.46. The molecule has 1 fully saturated rings. The number of carbonyl (C=O) groups is 3. The fourth-order valence-corrected chi connectivity index (χ4v) is 8.92. The molecule has 5 bridgehead atoms. The number of hydrogen-bond acceptors (Lipinski definition) is 14. The van der Waals surface area contributed by atoms with E-state index in [4.69, 9.17) is 24.2 Å². The molecular weight excluding hydrogens is 773 g/mol. The summed E-state index contributed by atoms with van der Waals surface area (Å²) in [5, 5.41) is 61.1. The number of aromatic hydroxyl groups is 2. The number of phenolic OH excluding ortho intramolecular Hbond substituents is 2.